The zero-order valence-electron chi connectivity index (χ0n) is 6.13. The monoisotopic (exact) mass is 148 g/mol. The van der Waals surface area contributed by atoms with Crippen LogP contribution in [0.4, 0.5) is 5.82 Å². The fourth-order valence-corrected chi connectivity index (χ4v) is 0.722. The van der Waals surface area contributed by atoms with Crippen LogP contribution in [0.15, 0.2) is 12.1 Å². The van der Waals surface area contributed by atoms with Gasteiger partial charge in [-0.05, 0) is 18.6 Å². The third kappa shape index (κ3) is 1.45. The Kier molecular flexibility index (Phi) is 2.04. The van der Waals surface area contributed by atoms with Crippen LogP contribution in [0.3, 0.4) is 0 Å². The molecular formula is C7H8N4. The van der Waals surface area contributed by atoms with Crippen LogP contribution in [0.1, 0.15) is 11.3 Å². The molecule has 56 valence electrons. The average Bonchev–Trinajstić information content (AvgIpc) is 2.05. The highest BCUT2D eigenvalue weighted by molar-refractivity contribution is 5.41. The molecule has 0 saturated heterocycles. The summed E-state index contributed by atoms with van der Waals surface area (Å²) in [5, 5.41) is 8.56. The molecule has 0 saturated carbocycles. The standard InChI is InChI=1S/C7H8N4/c1-5-2-3-7(11-9)10-6(5)4-8/h2-3H,9H2,1H3,(H,10,11). The first-order valence-electron chi connectivity index (χ1n) is 3.12. The van der Waals surface area contributed by atoms with Crippen molar-refractivity contribution in [3.05, 3.63) is 23.4 Å². The lowest BCUT2D eigenvalue weighted by atomic mass is 10.2. The molecule has 1 heterocycles. The van der Waals surface area contributed by atoms with Gasteiger partial charge in [-0.3, -0.25) is 0 Å². The van der Waals surface area contributed by atoms with Crippen molar-refractivity contribution in [1.82, 2.24) is 4.98 Å². The number of hydrogen-bond acceptors (Lipinski definition) is 4. The summed E-state index contributed by atoms with van der Waals surface area (Å²) in [4.78, 5) is 3.91. The molecule has 0 atom stereocenters. The van der Waals surface area contributed by atoms with Crippen LogP contribution in [-0.4, -0.2) is 4.98 Å². The van der Waals surface area contributed by atoms with E-state index in [1.807, 2.05) is 13.0 Å². The zero-order chi connectivity index (χ0) is 8.27. The van der Waals surface area contributed by atoms with Crippen molar-refractivity contribution in [1.29, 1.82) is 5.26 Å². The molecular weight excluding hydrogens is 140 g/mol. The van der Waals surface area contributed by atoms with E-state index in [4.69, 9.17) is 11.1 Å². The van der Waals surface area contributed by atoms with Gasteiger partial charge in [0.05, 0.1) is 0 Å². The number of nitrogen functional groups attached to an aromatic ring is 1. The number of rotatable bonds is 1. The predicted molar refractivity (Wildman–Crippen MR) is 41.5 cm³/mol. The molecule has 4 heteroatoms. The van der Waals surface area contributed by atoms with Gasteiger partial charge in [-0.2, -0.15) is 5.26 Å². The summed E-state index contributed by atoms with van der Waals surface area (Å²) in [5.74, 6) is 5.61. The molecule has 0 amide bonds. The lowest BCUT2D eigenvalue weighted by Crippen LogP contribution is -2.09. The van der Waals surface area contributed by atoms with Crippen LogP contribution in [-0.2, 0) is 0 Å². The Hall–Kier alpha value is -1.60. The number of hydrazine groups is 1. The van der Waals surface area contributed by atoms with Gasteiger partial charge in [0.1, 0.15) is 17.6 Å². The SMILES string of the molecule is Cc1ccc(NN)nc1C#N. The second-order valence-corrected chi connectivity index (χ2v) is 2.12. The molecule has 0 bridgehead atoms. The summed E-state index contributed by atoms with van der Waals surface area (Å²) in [7, 11) is 0. The van der Waals surface area contributed by atoms with Gasteiger partial charge in [-0.15, -0.1) is 0 Å². The topological polar surface area (TPSA) is 74.7 Å². The van der Waals surface area contributed by atoms with Crippen molar-refractivity contribution < 1.29 is 0 Å². The minimum Gasteiger partial charge on any atom is -0.308 e. The second-order valence-electron chi connectivity index (χ2n) is 2.12. The third-order valence-electron chi connectivity index (χ3n) is 1.35. The van der Waals surface area contributed by atoms with E-state index in [-0.39, 0.29) is 0 Å². The molecule has 1 rings (SSSR count). The normalized spacial score (nSPS) is 8.82. The lowest BCUT2D eigenvalue weighted by molar-refractivity contribution is 1.17. The van der Waals surface area contributed by atoms with Gasteiger partial charge in [0.15, 0.2) is 0 Å². The predicted octanol–water partition coefficient (Wildman–Crippen LogP) is 0.547. The van der Waals surface area contributed by atoms with E-state index in [9.17, 15) is 0 Å². The maximum absolute atomic E-state index is 8.56. The van der Waals surface area contributed by atoms with Crippen LogP contribution < -0.4 is 11.3 Å². The van der Waals surface area contributed by atoms with E-state index in [1.54, 1.807) is 12.1 Å². The van der Waals surface area contributed by atoms with Crippen LogP contribution >= 0.6 is 0 Å². The Bertz CT molecular complexity index is 300. The number of anilines is 1. The zero-order valence-corrected chi connectivity index (χ0v) is 6.13. The first kappa shape index (κ1) is 7.51. The Balaban J connectivity index is 3.15. The van der Waals surface area contributed by atoms with Gasteiger partial charge in [0.2, 0.25) is 0 Å². The van der Waals surface area contributed by atoms with E-state index in [0.29, 0.717) is 11.5 Å². The van der Waals surface area contributed by atoms with E-state index < -0.39 is 0 Å². The van der Waals surface area contributed by atoms with Gasteiger partial charge in [-0.25, -0.2) is 10.8 Å². The Labute approximate surface area is 64.6 Å². The second kappa shape index (κ2) is 2.99. The van der Waals surface area contributed by atoms with Crippen LogP contribution in [0, 0.1) is 18.3 Å². The summed E-state index contributed by atoms with van der Waals surface area (Å²) >= 11 is 0. The average molecular weight is 148 g/mol. The van der Waals surface area contributed by atoms with Crippen molar-refractivity contribution in [3.63, 3.8) is 0 Å². The Morgan fingerprint density at radius 2 is 2.36 bits per heavy atom. The maximum Gasteiger partial charge on any atom is 0.145 e. The maximum atomic E-state index is 8.56. The highest BCUT2D eigenvalue weighted by Crippen LogP contribution is 2.07. The van der Waals surface area contributed by atoms with Crippen molar-refractivity contribution in [3.8, 4) is 6.07 Å². The number of nitrogens with zero attached hydrogens (tertiary/aromatic N) is 2. The van der Waals surface area contributed by atoms with E-state index in [2.05, 4.69) is 10.4 Å². The number of hydrogen-bond donors (Lipinski definition) is 2. The third-order valence-corrected chi connectivity index (χ3v) is 1.35. The highest BCUT2D eigenvalue weighted by Gasteiger charge is 1.98. The fourth-order valence-electron chi connectivity index (χ4n) is 0.722. The molecule has 0 aliphatic rings. The van der Waals surface area contributed by atoms with Gasteiger partial charge in [-0.1, -0.05) is 6.07 Å². The molecule has 0 radical (unpaired) electrons. The van der Waals surface area contributed by atoms with Gasteiger partial charge in [0.25, 0.3) is 0 Å². The molecule has 0 unspecified atom stereocenters. The lowest BCUT2D eigenvalue weighted by Gasteiger charge is -1.99. The summed E-state index contributed by atoms with van der Waals surface area (Å²) in [6, 6.07) is 5.47. The summed E-state index contributed by atoms with van der Waals surface area (Å²) in [6.07, 6.45) is 0. The minimum atomic E-state index is 0.403. The number of aromatic nitrogens is 1. The Morgan fingerprint density at radius 1 is 1.64 bits per heavy atom. The Morgan fingerprint density at radius 3 is 2.91 bits per heavy atom. The molecule has 0 aromatic carbocycles. The molecule has 0 aliphatic heterocycles. The number of aryl methyl sites for hydroxylation is 1. The fraction of sp³-hybridized carbons (Fsp3) is 0.143. The molecule has 1 aromatic rings. The number of nitriles is 1. The van der Waals surface area contributed by atoms with Crippen LogP contribution in [0.25, 0.3) is 0 Å². The van der Waals surface area contributed by atoms with E-state index >= 15 is 0 Å². The molecule has 11 heavy (non-hydrogen) atoms. The first-order valence-corrected chi connectivity index (χ1v) is 3.12. The number of nitrogens with two attached hydrogens (primary N) is 1. The van der Waals surface area contributed by atoms with Crippen molar-refractivity contribution in [2.45, 2.75) is 6.92 Å². The molecule has 4 nitrogen and oxygen atoms in total. The summed E-state index contributed by atoms with van der Waals surface area (Å²) in [6.45, 7) is 1.83. The smallest absolute Gasteiger partial charge is 0.145 e. The van der Waals surface area contributed by atoms with Crippen molar-refractivity contribution >= 4 is 5.82 Å². The molecule has 0 spiro atoms. The minimum absolute atomic E-state index is 0.403. The van der Waals surface area contributed by atoms with Crippen LogP contribution in [0.5, 0.6) is 0 Å². The number of pyridine rings is 1. The number of nitrogens with one attached hydrogen (secondary N) is 1. The highest BCUT2D eigenvalue weighted by atomic mass is 15.2. The quantitative estimate of drug-likeness (QED) is 0.450. The van der Waals surface area contributed by atoms with Gasteiger partial charge in [0, 0.05) is 0 Å². The van der Waals surface area contributed by atoms with Crippen molar-refractivity contribution in [2.75, 3.05) is 5.43 Å². The van der Waals surface area contributed by atoms with Gasteiger partial charge >= 0.3 is 0 Å². The van der Waals surface area contributed by atoms with Crippen molar-refractivity contribution in [2.24, 2.45) is 5.84 Å². The molecule has 3 N–H and O–H groups in total. The summed E-state index contributed by atoms with van der Waals surface area (Å²) < 4.78 is 0. The first-order chi connectivity index (χ1) is 5.27. The van der Waals surface area contributed by atoms with Crippen LogP contribution in [0.2, 0.25) is 0 Å². The van der Waals surface area contributed by atoms with E-state index in [1.165, 1.54) is 0 Å². The van der Waals surface area contributed by atoms with E-state index in [0.717, 1.165) is 5.56 Å². The molecule has 1 aromatic heterocycles. The molecule has 0 aliphatic carbocycles. The summed E-state index contributed by atoms with van der Waals surface area (Å²) in [5.41, 5.74) is 3.62. The molecule has 0 fully saturated rings. The largest absolute Gasteiger partial charge is 0.308 e. The van der Waals surface area contributed by atoms with Gasteiger partial charge < -0.3 is 5.43 Å².